The molecule has 1 aliphatic heterocycles. The first-order valence-corrected chi connectivity index (χ1v) is 2.98. The number of halogens is 2. The SMILES string of the molecule is NN1CCC(F)(F)CC1. The number of rotatable bonds is 0. The average molecular weight is 136 g/mol. The van der Waals surface area contributed by atoms with Gasteiger partial charge in [-0.3, -0.25) is 5.84 Å². The summed E-state index contributed by atoms with van der Waals surface area (Å²) in [4.78, 5) is 0. The summed E-state index contributed by atoms with van der Waals surface area (Å²) < 4.78 is 24.6. The molecule has 2 nitrogen and oxygen atoms in total. The summed E-state index contributed by atoms with van der Waals surface area (Å²) in [5, 5.41) is 1.43. The van der Waals surface area contributed by atoms with E-state index < -0.39 is 5.92 Å². The van der Waals surface area contributed by atoms with Crippen molar-refractivity contribution in [1.82, 2.24) is 5.01 Å². The van der Waals surface area contributed by atoms with Gasteiger partial charge >= 0.3 is 0 Å². The predicted octanol–water partition coefficient (Wildman–Crippen LogP) is 0.591. The van der Waals surface area contributed by atoms with E-state index in [2.05, 4.69) is 0 Å². The fourth-order valence-electron chi connectivity index (χ4n) is 0.851. The van der Waals surface area contributed by atoms with Crippen LogP contribution in [0.5, 0.6) is 0 Å². The standard InChI is InChI=1S/C5H10F2N2/c6-5(7)1-3-9(8)4-2-5/h1-4,8H2. The van der Waals surface area contributed by atoms with Crippen molar-refractivity contribution in [2.45, 2.75) is 18.8 Å². The van der Waals surface area contributed by atoms with E-state index in [9.17, 15) is 8.78 Å². The van der Waals surface area contributed by atoms with E-state index in [4.69, 9.17) is 5.84 Å². The van der Waals surface area contributed by atoms with E-state index in [1.54, 1.807) is 0 Å². The summed E-state index contributed by atoms with van der Waals surface area (Å²) in [7, 11) is 0. The zero-order valence-electron chi connectivity index (χ0n) is 5.11. The summed E-state index contributed by atoms with van der Waals surface area (Å²) in [6.07, 6.45) is -0.188. The van der Waals surface area contributed by atoms with E-state index in [0.717, 1.165) is 0 Å². The van der Waals surface area contributed by atoms with Gasteiger partial charge in [0.2, 0.25) is 0 Å². The summed E-state index contributed by atoms with van der Waals surface area (Å²) >= 11 is 0. The molecule has 2 N–H and O–H groups in total. The lowest BCUT2D eigenvalue weighted by Gasteiger charge is -2.27. The van der Waals surface area contributed by atoms with Crippen LogP contribution in [0, 0.1) is 0 Å². The molecule has 0 aromatic carbocycles. The Kier molecular flexibility index (Phi) is 1.68. The Balaban J connectivity index is 2.35. The quantitative estimate of drug-likeness (QED) is 0.494. The van der Waals surface area contributed by atoms with Crippen molar-refractivity contribution in [2.24, 2.45) is 5.84 Å². The Labute approximate surface area is 52.6 Å². The Morgan fingerprint density at radius 1 is 1.22 bits per heavy atom. The Bertz CT molecular complexity index is 95.1. The molecule has 0 amide bonds. The number of nitrogens with two attached hydrogens (primary N) is 1. The number of hydrogen-bond donors (Lipinski definition) is 1. The summed E-state index contributed by atoms with van der Waals surface area (Å²) in [5.41, 5.74) is 0. The summed E-state index contributed by atoms with van der Waals surface area (Å²) in [6, 6.07) is 0. The van der Waals surface area contributed by atoms with Gasteiger partial charge in [0.15, 0.2) is 0 Å². The van der Waals surface area contributed by atoms with E-state index >= 15 is 0 Å². The molecule has 9 heavy (non-hydrogen) atoms. The maximum atomic E-state index is 12.3. The van der Waals surface area contributed by atoms with Crippen LogP contribution in [0.15, 0.2) is 0 Å². The van der Waals surface area contributed by atoms with Gasteiger partial charge in [0.1, 0.15) is 0 Å². The first-order valence-electron chi connectivity index (χ1n) is 2.98. The molecule has 0 spiro atoms. The Morgan fingerprint density at radius 2 is 1.67 bits per heavy atom. The molecule has 1 aliphatic rings. The second-order valence-electron chi connectivity index (χ2n) is 2.39. The molecule has 0 aliphatic carbocycles. The van der Waals surface area contributed by atoms with Crippen molar-refractivity contribution >= 4 is 0 Å². The van der Waals surface area contributed by atoms with Crippen molar-refractivity contribution in [3.05, 3.63) is 0 Å². The van der Waals surface area contributed by atoms with Crippen molar-refractivity contribution in [3.63, 3.8) is 0 Å². The molecule has 1 heterocycles. The van der Waals surface area contributed by atoms with Gasteiger partial charge in [-0.15, -0.1) is 0 Å². The molecule has 1 saturated heterocycles. The van der Waals surface area contributed by atoms with Gasteiger partial charge in [-0.05, 0) is 0 Å². The molecule has 0 aromatic heterocycles. The molecule has 1 fully saturated rings. The lowest BCUT2D eigenvalue weighted by atomic mass is 10.1. The minimum atomic E-state index is -2.46. The number of hydrogen-bond acceptors (Lipinski definition) is 2. The van der Waals surface area contributed by atoms with Crippen LogP contribution in [0.1, 0.15) is 12.8 Å². The highest BCUT2D eigenvalue weighted by atomic mass is 19.3. The Hall–Kier alpha value is -0.220. The highest BCUT2D eigenvalue weighted by molar-refractivity contribution is 4.74. The van der Waals surface area contributed by atoms with Crippen molar-refractivity contribution in [2.75, 3.05) is 13.1 Å². The van der Waals surface area contributed by atoms with Crippen LogP contribution in [0.3, 0.4) is 0 Å². The van der Waals surface area contributed by atoms with Gasteiger partial charge in [0.05, 0.1) is 0 Å². The number of nitrogens with zero attached hydrogens (tertiary/aromatic N) is 1. The number of alkyl halides is 2. The monoisotopic (exact) mass is 136 g/mol. The molecular formula is C5H10F2N2. The van der Waals surface area contributed by atoms with E-state index in [0.29, 0.717) is 13.1 Å². The summed E-state index contributed by atoms with van der Waals surface area (Å²) in [6.45, 7) is 0.625. The molecule has 0 bridgehead atoms. The third-order valence-corrected chi connectivity index (χ3v) is 1.53. The third-order valence-electron chi connectivity index (χ3n) is 1.53. The van der Waals surface area contributed by atoms with Crippen LogP contribution in [-0.4, -0.2) is 24.0 Å². The van der Waals surface area contributed by atoms with E-state index in [1.165, 1.54) is 5.01 Å². The fraction of sp³-hybridized carbons (Fsp3) is 1.00. The van der Waals surface area contributed by atoms with E-state index in [1.807, 2.05) is 0 Å². The van der Waals surface area contributed by atoms with Crippen LogP contribution in [0.2, 0.25) is 0 Å². The molecule has 54 valence electrons. The van der Waals surface area contributed by atoms with Crippen molar-refractivity contribution in [1.29, 1.82) is 0 Å². The average Bonchev–Trinajstić information content (AvgIpc) is 1.78. The third kappa shape index (κ3) is 1.87. The van der Waals surface area contributed by atoms with Gasteiger partial charge in [0, 0.05) is 25.9 Å². The topological polar surface area (TPSA) is 29.3 Å². The highest BCUT2D eigenvalue weighted by Crippen LogP contribution is 2.25. The molecule has 0 radical (unpaired) electrons. The fourth-order valence-corrected chi connectivity index (χ4v) is 0.851. The zero-order chi connectivity index (χ0) is 6.91. The van der Waals surface area contributed by atoms with Gasteiger partial charge in [-0.2, -0.15) is 0 Å². The molecule has 1 rings (SSSR count). The molecule has 0 saturated carbocycles. The highest BCUT2D eigenvalue weighted by Gasteiger charge is 2.32. The molecule has 0 unspecified atom stereocenters. The molecule has 0 aromatic rings. The zero-order valence-corrected chi connectivity index (χ0v) is 5.11. The van der Waals surface area contributed by atoms with Crippen LogP contribution < -0.4 is 5.84 Å². The normalized spacial score (nSPS) is 28.3. The first kappa shape index (κ1) is 6.89. The first-order chi connectivity index (χ1) is 4.10. The second-order valence-corrected chi connectivity index (χ2v) is 2.39. The Morgan fingerprint density at radius 3 is 2.00 bits per heavy atom. The summed E-state index contributed by atoms with van der Waals surface area (Å²) in [5.74, 6) is 2.79. The van der Waals surface area contributed by atoms with Gasteiger partial charge in [0.25, 0.3) is 5.92 Å². The molecule has 0 atom stereocenters. The van der Waals surface area contributed by atoms with Crippen LogP contribution in [0.25, 0.3) is 0 Å². The number of hydrazine groups is 1. The maximum absolute atomic E-state index is 12.3. The van der Waals surface area contributed by atoms with Crippen molar-refractivity contribution < 1.29 is 8.78 Å². The lowest BCUT2D eigenvalue weighted by molar-refractivity contribution is -0.0554. The maximum Gasteiger partial charge on any atom is 0.250 e. The van der Waals surface area contributed by atoms with Crippen LogP contribution in [0.4, 0.5) is 8.78 Å². The molecular weight excluding hydrogens is 126 g/mol. The van der Waals surface area contributed by atoms with Crippen molar-refractivity contribution in [3.8, 4) is 0 Å². The molecule has 4 heteroatoms. The second kappa shape index (κ2) is 2.19. The van der Waals surface area contributed by atoms with Gasteiger partial charge < -0.3 is 0 Å². The van der Waals surface area contributed by atoms with Crippen LogP contribution >= 0.6 is 0 Å². The van der Waals surface area contributed by atoms with E-state index in [-0.39, 0.29) is 12.8 Å². The predicted molar refractivity (Wildman–Crippen MR) is 29.9 cm³/mol. The van der Waals surface area contributed by atoms with Gasteiger partial charge in [-0.1, -0.05) is 0 Å². The number of piperidine rings is 1. The minimum absolute atomic E-state index is 0.0938. The van der Waals surface area contributed by atoms with Gasteiger partial charge in [-0.25, -0.2) is 13.8 Å². The largest absolute Gasteiger partial charge is 0.269 e. The van der Waals surface area contributed by atoms with Crippen LogP contribution in [-0.2, 0) is 0 Å². The minimum Gasteiger partial charge on any atom is -0.269 e. The lowest BCUT2D eigenvalue weighted by Crippen LogP contribution is -2.43. The smallest absolute Gasteiger partial charge is 0.250 e.